The van der Waals surface area contributed by atoms with E-state index < -0.39 is 17.1 Å². The van der Waals surface area contributed by atoms with Crippen molar-refractivity contribution in [3.63, 3.8) is 0 Å². The first kappa shape index (κ1) is 26.3. The maximum absolute atomic E-state index is 3.49. The van der Waals surface area contributed by atoms with E-state index in [1.165, 1.54) is 25.7 Å². The second-order valence-corrected chi connectivity index (χ2v) is 103. The van der Waals surface area contributed by atoms with Crippen molar-refractivity contribution in [1.29, 1.82) is 0 Å². The summed E-state index contributed by atoms with van der Waals surface area (Å²) in [6.07, 6.45) is 10.1. The van der Waals surface area contributed by atoms with Gasteiger partial charge in [-0.1, -0.05) is 0 Å². The Balaban J connectivity index is 1.88. The van der Waals surface area contributed by atoms with Crippen LogP contribution in [0.25, 0.3) is 12.2 Å². The topological polar surface area (TPSA) is 0 Å². The Labute approximate surface area is 221 Å². The number of hydrogen-bond acceptors (Lipinski definition) is 0. The summed E-state index contributed by atoms with van der Waals surface area (Å²) in [5.74, 6) is 0. The predicted octanol–water partition coefficient (Wildman–Crippen LogP) is 5.67. The van der Waals surface area contributed by atoms with Crippen molar-refractivity contribution in [3.05, 3.63) is 79.9 Å². The zero-order valence-corrected chi connectivity index (χ0v) is 32.4. The summed E-state index contributed by atoms with van der Waals surface area (Å²) >= 11 is -3.49. The number of benzene rings is 2. The van der Waals surface area contributed by atoms with Gasteiger partial charge in [0.15, 0.2) is 0 Å². The summed E-state index contributed by atoms with van der Waals surface area (Å²) in [5.41, 5.74) is 17.2. The molecule has 5 heteroatoms. The Bertz CT molecular complexity index is 1260. The molecular formula is C30H46HfSi4. The third-order valence-corrected chi connectivity index (χ3v) is 226. The van der Waals surface area contributed by atoms with Crippen LogP contribution in [0.1, 0.15) is 93.4 Å². The third-order valence-electron chi connectivity index (χ3n) is 10.5. The molecule has 0 amide bonds. The first-order valence-electron chi connectivity index (χ1n) is 14.4. The van der Waals surface area contributed by atoms with Crippen LogP contribution < -0.4 is 0 Å². The standard InChI is InChI=1S/2C14H17.2CH3.Hf.H6Si4/c2*1-4-11-6-7-12(5-2)14-9-10(3)8-13(11)14;;;;1-2-4-3-1/h2*6-9H,4-5H2,1-3H3;2*1H3;;1-3H2. The van der Waals surface area contributed by atoms with Crippen LogP contribution in [0.4, 0.5) is 0 Å². The maximum atomic E-state index is 3.07. The molecule has 2 aromatic rings. The molecule has 1 saturated heterocycles. The van der Waals surface area contributed by atoms with E-state index >= 15 is 0 Å². The van der Waals surface area contributed by atoms with Crippen LogP contribution in [-0.4, -0.2) is 30.2 Å². The molecule has 2 unspecified atom stereocenters. The second-order valence-electron chi connectivity index (χ2n) is 12.5. The Morgan fingerprint density at radius 2 is 1.03 bits per heavy atom. The summed E-state index contributed by atoms with van der Waals surface area (Å²) in [6, 6.07) is 10.0. The van der Waals surface area contributed by atoms with Gasteiger partial charge in [0.1, 0.15) is 0 Å². The molecule has 0 spiro atoms. The molecule has 1 aliphatic heterocycles. The van der Waals surface area contributed by atoms with Gasteiger partial charge in [0.2, 0.25) is 0 Å². The van der Waals surface area contributed by atoms with Crippen LogP contribution in [0, 0.1) is 0 Å². The van der Waals surface area contributed by atoms with Crippen LogP contribution in [0.15, 0.2) is 35.4 Å². The molecule has 2 aromatic carbocycles. The van der Waals surface area contributed by atoms with Crippen LogP contribution in [0.3, 0.4) is 0 Å². The Kier molecular flexibility index (Phi) is 7.09. The zero-order chi connectivity index (χ0) is 25.1. The van der Waals surface area contributed by atoms with Crippen LogP contribution in [0.5, 0.6) is 0 Å². The van der Waals surface area contributed by atoms with E-state index in [1.54, 1.807) is 44.5 Å². The molecule has 1 fully saturated rings. The van der Waals surface area contributed by atoms with Gasteiger partial charge in [-0.15, -0.1) is 0 Å². The fraction of sp³-hybridized carbons (Fsp3) is 0.467. The van der Waals surface area contributed by atoms with Crippen molar-refractivity contribution in [1.82, 2.24) is 0 Å². The van der Waals surface area contributed by atoms with E-state index in [1.807, 2.05) is 11.1 Å². The fourth-order valence-electron chi connectivity index (χ4n) is 8.79. The van der Waals surface area contributed by atoms with Gasteiger partial charge in [-0.25, -0.2) is 0 Å². The van der Waals surface area contributed by atoms with E-state index in [2.05, 4.69) is 87.3 Å². The molecule has 0 N–H and O–H groups in total. The molecule has 1 heterocycles. The van der Waals surface area contributed by atoms with E-state index in [4.69, 9.17) is 0 Å². The molecule has 0 bridgehead atoms. The van der Waals surface area contributed by atoms with Crippen molar-refractivity contribution in [2.24, 2.45) is 0 Å². The van der Waals surface area contributed by atoms with Crippen LogP contribution in [-0.2, 0) is 42.8 Å². The number of fused-ring (bicyclic) bond motifs is 2. The molecule has 0 radical (unpaired) electrons. The van der Waals surface area contributed by atoms with E-state index in [-0.39, 0.29) is 4.53 Å². The van der Waals surface area contributed by atoms with Gasteiger partial charge in [-0.2, -0.15) is 0 Å². The molecule has 186 valence electrons. The Morgan fingerprint density at radius 1 is 0.657 bits per heavy atom. The molecule has 0 nitrogen and oxygen atoms in total. The van der Waals surface area contributed by atoms with Gasteiger partial charge in [0.25, 0.3) is 0 Å². The Morgan fingerprint density at radius 3 is 1.34 bits per heavy atom. The monoisotopic (exact) mass is 698 g/mol. The molecule has 0 aromatic heterocycles. The van der Waals surface area contributed by atoms with Gasteiger partial charge in [-0.05, 0) is 0 Å². The molecule has 2 aliphatic carbocycles. The number of rotatable bonds is 6. The predicted molar refractivity (Wildman–Crippen MR) is 166 cm³/mol. The normalized spacial score (nSPS) is 23.5. The van der Waals surface area contributed by atoms with Gasteiger partial charge in [0, 0.05) is 0 Å². The average molecular weight is 698 g/mol. The summed E-state index contributed by atoms with van der Waals surface area (Å²) in [7, 11) is 1.13. The van der Waals surface area contributed by atoms with Gasteiger partial charge < -0.3 is 0 Å². The molecule has 5 rings (SSSR count). The molecule has 0 saturated carbocycles. The van der Waals surface area contributed by atoms with E-state index in [0.29, 0.717) is 25.7 Å². The quantitative estimate of drug-likeness (QED) is 0.342. The van der Waals surface area contributed by atoms with Crippen molar-refractivity contribution in [3.8, 4) is 0 Å². The van der Waals surface area contributed by atoms with Gasteiger partial charge >= 0.3 is 223 Å². The van der Waals surface area contributed by atoms with Gasteiger partial charge in [0.05, 0.1) is 0 Å². The molecule has 3 aliphatic rings. The van der Waals surface area contributed by atoms with E-state index in [9.17, 15) is 0 Å². The minimum absolute atomic E-state index is 0.00830. The second kappa shape index (κ2) is 9.44. The number of aryl methyl sites for hydroxylation is 4. The molecular weight excluding hydrogens is 651 g/mol. The van der Waals surface area contributed by atoms with Gasteiger partial charge in [-0.3, -0.25) is 0 Å². The van der Waals surface area contributed by atoms with Crippen molar-refractivity contribution < 1.29 is 17.1 Å². The fourth-order valence-corrected chi connectivity index (χ4v) is 370. The first-order chi connectivity index (χ1) is 16.7. The van der Waals surface area contributed by atoms with Crippen molar-refractivity contribution >= 4 is 42.3 Å². The summed E-state index contributed by atoms with van der Waals surface area (Å²) in [4.78, 5) is 0. The minimum atomic E-state index is -3.49. The first-order valence-corrected chi connectivity index (χ1v) is 45.3. The SMILES string of the molecule is CCc1ccc(CC)c2c1C=C(C)[CH]2[Hf]([CH3])([CH3])([CH]1C(C)=Cc2c(CC)ccc(CC)c21)=[Si]1[SiH2][SiH2][SiH2]1. The summed E-state index contributed by atoms with van der Waals surface area (Å²) in [6.45, 7) is 14.7. The number of allylic oxidation sites excluding steroid dienone is 2. The average Bonchev–Trinajstić information content (AvgIpc) is 3.34. The molecule has 35 heavy (non-hydrogen) atoms. The third kappa shape index (κ3) is 3.69. The number of hydrogen-bond donors (Lipinski definition) is 0. The zero-order valence-electron chi connectivity index (χ0n) is 23.6. The molecule has 2 atom stereocenters. The summed E-state index contributed by atoms with van der Waals surface area (Å²) in [5, 5.41) is 0. The van der Waals surface area contributed by atoms with Crippen LogP contribution >= 0.6 is 0 Å². The Hall–Kier alpha value is -0.342. The summed E-state index contributed by atoms with van der Waals surface area (Å²) < 4.78 is 7.78. The van der Waals surface area contributed by atoms with Crippen molar-refractivity contribution in [2.45, 2.75) is 83.9 Å². The van der Waals surface area contributed by atoms with E-state index in [0.717, 1.165) is 7.35 Å². The van der Waals surface area contributed by atoms with Crippen LogP contribution in [0.2, 0.25) is 9.36 Å². The van der Waals surface area contributed by atoms with Crippen molar-refractivity contribution in [2.75, 3.05) is 0 Å².